The van der Waals surface area contributed by atoms with Gasteiger partial charge in [0.25, 0.3) is 5.69 Å². The molecule has 150 valence electrons. The zero-order valence-electron chi connectivity index (χ0n) is 16.2. The van der Waals surface area contributed by atoms with Crippen molar-refractivity contribution in [3.8, 4) is 0 Å². The van der Waals surface area contributed by atoms with Gasteiger partial charge in [0.1, 0.15) is 11.5 Å². The highest BCUT2D eigenvalue weighted by atomic mass is 19.1. The molecule has 0 aromatic heterocycles. The second kappa shape index (κ2) is 10.2. The lowest BCUT2D eigenvalue weighted by Gasteiger charge is -2.31. The van der Waals surface area contributed by atoms with Crippen molar-refractivity contribution < 1.29 is 14.1 Å². The zero-order valence-corrected chi connectivity index (χ0v) is 16.2. The molecule has 1 aromatic rings. The lowest BCUT2D eigenvalue weighted by atomic mass is 9.94. The Hall–Kier alpha value is -2.18. The lowest BCUT2D eigenvalue weighted by molar-refractivity contribution is -0.384. The van der Waals surface area contributed by atoms with Crippen molar-refractivity contribution in [2.75, 3.05) is 12.4 Å². The van der Waals surface area contributed by atoms with Gasteiger partial charge in [-0.05, 0) is 31.7 Å². The van der Waals surface area contributed by atoms with Gasteiger partial charge in [0, 0.05) is 37.7 Å². The summed E-state index contributed by atoms with van der Waals surface area (Å²) in [4.78, 5) is 25.1. The van der Waals surface area contributed by atoms with E-state index < -0.39 is 10.7 Å². The zero-order chi connectivity index (χ0) is 19.8. The molecule has 0 aliphatic heterocycles. The number of rotatable bonds is 9. The summed E-state index contributed by atoms with van der Waals surface area (Å²) in [6, 6.07) is 3.62. The Balaban J connectivity index is 1.98. The second-order valence-corrected chi connectivity index (χ2v) is 7.38. The molecule has 1 aromatic carbocycles. The number of carbonyl (C=O) groups is 1. The van der Waals surface area contributed by atoms with E-state index in [9.17, 15) is 19.3 Å². The number of nitro groups is 1. The van der Waals surface area contributed by atoms with E-state index in [0.29, 0.717) is 18.9 Å². The SMILES string of the molecule is CCCC(CCC(=O)N(C)C1CCCCC1)Nc1cc(F)ccc1[N+](=O)[O-]. The van der Waals surface area contributed by atoms with E-state index in [1.165, 1.54) is 25.3 Å². The number of carbonyl (C=O) groups excluding carboxylic acids is 1. The van der Waals surface area contributed by atoms with Gasteiger partial charge < -0.3 is 10.2 Å². The summed E-state index contributed by atoms with van der Waals surface area (Å²) in [5, 5.41) is 14.3. The minimum atomic E-state index is -0.522. The molecule has 1 N–H and O–H groups in total. The van der Waals surface area contributed by atoms with Crippen LogP contribution >= 0.6 is 0 Å². The fourth-order valence-electron chi connectivity index (χ4n) is 3.79. The summed E-state index contributed by atoms with van der Waals surface area (Å²) < 4.78 is 13.5. The summed E-state index contributed by atoms with van der Waals surface area (Å²) >= 11 is 0. The van der Waals surface area contributed by atoms with Crippen LogP contribution in [0.1, 0.15) is 64.7 Å². The number of nitro benzene ring substituents is 1. The Morgan fingerprint density at radius 1 is 1.33 bits per heavy atom. The average molecular weight is 379 g/mol. The molecule has 1 fully saturated rings. The first-order valence-corrected chi connectivity index (χ1v) is 9.88. The van der Waals surface area contributed by atoms with E-state index >= 15 is 0 Å². The van der Waals surface area contributed by atoms with Gasteiger partial charge in [-0.15, -0.1) is 0 Å². The Kier molecular flexibility index (Phi) is 8.00. The quantitative estimate of drug-likeness (QED) is 0.490. The Morgan fingerprint density at radius 2 is 2.04 bits per heavy atom. The van der Waals surface area contributed by atoms with Gasteiger partial charge in [0.05, 0.1) is 4.92 Å². The van der Waals surface area contributed by atoms with E-state index in [1.807, 2.05) is 18.9 Å². The van der Waals surface area contributed by atoms with Crippen molar-refractivity contribution in [1.82, 2.24) is 4.90 Å². The number of halogens is 1. The molecule has 0 bridgehead atoms. The summed E-state index contributed by atoms with van der Waals surface area (Å²) in [7, 11) is 1.87. The molecule has 1 aliphatic carbocycles. The third-order valence-electron chi connectivity index (χ3n) is 5.37. The van der Waals surface area contributed by atoms with Crippen molar-refractivity contribution in [3.63, 3.8) is 0 Å². The molecule has 1 aliphatic rings. The molecule has 6 nitrogen and oxygen atoms in total. The smallest absolute Gasteiger partial charge is 0.292 e. The van der Waals surface area contributed by atoms with Crippen LogP contribution in [0.25, 0.3) is 0 Å². The van der Waals surface area contributed by atoms with Crippen molar-refractivity contribution >= 4 is 17.3 Å². The average Bonchev–Trinajstić information content (AvgIpc) is 2.66. The molecule has 0 spiro atoms. The first kappa shape index (κ1) is 21.1. The van der Waals surface area contributed by atoms with Crippen molar-refractivity contribution in [3.05, 3.63) is 34.1 Å². The largest absolute Gasteiger partial charge is 0.377 e. The molecule has 2 rings (SSSR count). The highest BCUT2D eigenvalue weighted by molar-refractivity contribution is 5.76. The van der Waals surface area contributed by atoms with Crippen LogP contribution in [0.3, 0.4) is 0 Å². The van der Waals surface area contributed by atoms with Gasteiger partial charge in [-0.1, -0.05) is 32.6 Å². The number of hydrogen-bond acceptors (Lipinski definition) is 4. The number of nitrogens with one attached hydrogen (secondary N) is 1. The maximum atomic E-state index is 13.5. The molecule has 7 heteroatoms. The standard InChI is InChI=1S/C20H30FN3O3/c1-3-7-16(22-18-14-15(21)10-12-19(18)24(26)27)11-13-20(25)23(2)17-8-5-4-6-9-17/h10,12,14,16-17,22H,3-9,11,13H2,1-2H3. The van der Waals surface area contributed by atoms with Crippen LogP contribution in [0.2, 0.25) is 0 Å². The van der Waals surface area contributed by atoms with Crippen LogP contribution in [0.4, 0.5) is 15.8 Å². The fraction of sp³-hybridized carbons (Fsp3) is 0.650. The lowest BCUT2D eigenvalue weighted by Crippen LogP contribution is -2.38. The monoisotopic (exact) mass is 379 g/mol. The van der Waals surface area contributed by atoms with Crippen LogP contribution in [0, 0.1) is 15.9 Å². The predicted molar refractivity (Wildman–Crippen MR) is 104 cm³/mol. The van der Waals surface area contributed by atoms with Gasteiger partial charge in [-0.25, -0.2) is 4.39 Å². The van der Waals surface area contributed by atoms with Crippen LogP contribution < -0.4 is 5.32 Å². The van der Waals surface area contributed by atoms with E-state index in [4.69, 9.17) is 0 Å². The van der Waals surface area contributed by atoms with Gasteiger partial charge in [0.15, 0.2) is 0 Å². The second-order valence-electron chi connectivity index (χ2n) is 7.38. The topological polar surface area (TPSA) is 75.5 Å². The Morgan fingerprint density at radius 3 is 2.67 bits per heavy atom. The molecular weight excluding hydrogens is 349 g/mol. The first-order chi connectivity index (χ1) is 12.9. The van der Waals surface area contributed by atoms with E-state index in [-0.39, 0.29) is 23.3 Å². The van der Waals surface area contributed by atoms with Crippen molar-refractivity contribution in [2.24, 2.45) is 0 Å². The van der Waals surface area contributed by atoms with Gasteiger partial charge in [-0.3, -0.25) is 14.9 Å². The van der Waals surface area contributed by atoms with E-state index in [2.05, 4.69) is 5.32 Å². The highest BCUT2D eigenvalue weighted by Crippen LogP contribution is 2.27. The van der Waals surface area contributed by atoms with E-state index in [1.54, 1.807) is 0 Å². The van der Waals surface area contributed by atoms with Crippen LogP contribution in [0.5, 0.6) is 0 Å². The van der Waals surface area contributed by atoms with E-state index in [0.717, 1.165) is 37.8 Å². The molecule has 1 unspecified atom stereocenters. The molecular formula is C20H30FN3O3. The van der Waals surface area contributed by atoms with Crippen LogP contribution in [-0.4, -0.2) is 34.9 Å². The molecule has 0 radical (unpaired) electrons. The van der Waals surface area contributed by atoms with Crippen LogP contribution in [0.15, 0.2) is 18.2 Å². The minimum Gasteiger partial charge on any atom is -0.377 e. The molecule has 1 atom stereocenters. The number of hydrogen-bond donors (Lipinski definition) is 1. The molecule has 0 saturated heterocycles. The number of benzene rings is 1. The van der Waals surface area contributed by atoms with Crippen molar-refractivity contribution in [2.45, 2.75) is 76.8 Å². The highest BCUT2D eigenvalue weighted by Gasteiger charge is 2.23. The Labute approximate surface area is 160 Å². The number of anilines is 1. The summed E-state index contributed by atoms with van der Waals surface area (Å²) in [6.07, 6.45) is 8.29. The first-order valence-electron chi connectivity index (χ1n) is 9.88. The maximum Gasteiger partial charge on any atom is 0.292 e. The predicted octanol–water partition coefficient (Wildman–Crippen LogP) is 4.89. The molecule has 1 saturated carbocycles. The molecule has 1 amide bonds. The summed E-state index contributed by atoms with van der Waals surface area (Å²) in [6.45, 7) is 2.02. The van der Waals surface area contributed by atoms with Gasteiger partial charge >= 0.3 is 0 Å². The number of nitrogens with zero attached hydrogens (tertiary/aromatic N) is 2. The summed E-state index contributed by atoms with van der Waals surface area (Å²) in [5.74, 6) is -0.412. The summed E-state index contributed by atoms with van der Waals surface area (Å²) in [5.41, 5.74) is 0.0229. The maximum absolute atomic E-state index is 13.5. The molecule has 0 heterocycles. The minimum absolute atomic E-state index is 0.110. The number of amides is 1. The Bertz CT molecular complexity index is 647. The van der Waals surface area contributed by atoms with Gasteiger partial charge in [0.2, 0.25) is 5.91 Å². The van der Waals surface area contributed by atoms with Gasteiger partial charge in [-0.2, -0.15) is 0 Å². The third-order valence-corrected chi connectivity index (χ3v) is 5.37. The third kappa shape index (κ3) is 6.19. The normalized spacial score (nSPS) is 16.0. The van der Waals surface area contributed by atoms with Crippen LogP contribution in [-0.2, 0) is 4.79 Å². The molecule has 27 heavy (non-hydrogen) atoms. The fourth-order valence-corrected chi connectivity index (χ4v) is 3.79. The van der Waals surface area contributed by atoms with Crippen molar-refractivity contribution in [1.29, 1.82) is 0 Å².